The topological polar surface area (TPSA) is 46.3 Å². The van der Waals surface area contributed by atoms with Gasteiger partial charge in [-0.25, -0.2) is 0 Å². The summed E-state index contributed by atoms with van der Waals surface area (Å²) in [6.07, 6.45) is 8.65. The molecule has 0 saturated heterocycles. The molecular formula is C13H24N2O. The fourth-order valence-electron chi connectivity index (χ4n) is 2.67. The minimum atomic E-state index is -0.518. The van der Waals surface area contributed by atoms with Gasteiger partial charge in [0.2, 0.25) is 5.91 Å². The maximum absolute atomic E-state index is 12.5. The second-order valence-electron chi connectivity index (χ2n) is 5.45. The summed E-state index contributed by atoms with van der Waals surface area (Å²) in [5, 5.41) is 0. The molecule has 16 heavy (non-hydrogen) atoms. The summed E-state index contributed by atoms with van der Waals surface area (Å²) < 4.78 is 0. The first kappa shape index (κ1) is 11.9. The number of nitrogens with zero attached hydrogens (tertiary/aromatic N) is 1. The van der Waals surface area contributed by atoms with Gasteiger partial charge in [-0.3, -0.25) is 4.79 Å². The maximum atomic E-state index is 12.5. The highest BCUT2D eigenvalue weighted by Gasteiger charge is 2.43. The second kappa shape index (κ2) is 4.74. The van der Waals surface area contributed by atoms with E-state index < -0.39 is 5.54 Å². The van der Waals surface area contributed by atoms with Crippen LogP contribution < -0.4 is 5.73 Å². The molecule has 0 aliphatic heterocycles. The van der Waals surface area contributed by atoms with Crippen molar-refractivity contribution in [2.45, 2.75) is 69.9 Å². The molecule has 2 N–H and O–H groups in total. The van der Waals surface area contributed by atoms with Crippen LogP contribution in [0.15, 0.2) is 0 Å². The monoisotopic (exact) mass is 224 g/mol. The number of hydrogen-bond acceptors (Lipinski definition) is 2. The van der Waals surface area contributed by atoms with Crippen LogP contribution in [0.25, 0.3) is 0 Å². The average molecular weight is 224 g/mol. The minimum Gasteiger partial charge on any atom is -0.338 e. The summed E-state index contributed by atoms with van der Waals surface area (Å²) in [5.41, 5.74) is 5.73. The fourth-order valence-corrected chi connectivity index (χ4v) is 2.67. The van der Waals surface area contributed by atoms with Gasteiger partial charge in [0.1, 0.15) is 0 Å². The molecule has 92 valence electrons. The average Bonchev–Trinajstić information content (AvgIpc) is 3.01. The van der Waals surface area contributed by atoms with Crippen LogP contribution in [0.4, 0.5) is 0 Å². The lowest BCUT2D eigenvalue weighted by Crippen LogP contribution is -2.54. The van der Waals surface area contributed by atoms with Gasteiger partial charge in [0, 0.05) is 12.6 Å². The summed E-state index contributed by atoms with van der Waals surface area (Å²) in [6.45, 7) is 3.09. The van der Waals surface area contributed by atoms with Crippen molar-refractivity contribution in [3.05, 3.63) is 0 Å². The van der Waals surface area contributed by atoms with E-state index in [4.69, 9.17) is 5.73 Å². The number of carbonyl (C=O) groups is 1. The van der Waals surface area contributed by atoms with Gasteiger partial charge < -0.3 is 10.6 Å². The molecule has 0 aromatic rings. The van der Waals surface area contributed by atoms with E-state index in [9.17, 15) is 4.79 Å². The van der Waals surface area contributed by atoms with Crippen LogP contribution in [0, 0.1) is 0 Å². The van der Waals surface area contributed by atoms with Crippen LogP contribution in [-0.2, 0) is 4.79 Å². The van der Waals surface area contributed by atoms with Gasteiger partial charge in [-0.2, -0.15) is 0 Å². The zero-order valence-electron chi connectivity index (χ0n) is 10.4. The SMILES string of the molecule is CCCCN(C(=O)C1(N)CCCC1)C1CC1. The van der Waals surface area contributed by atoms with E-state index in [2.05, 4.69) is 11.8 Å². The molecular weight excluding hydrogens is 200 g/mol. The molecule has 0 atom stereocenters. The van der Waals surface area contributed by atoms with Crippen molar-refractivity contribution in [1.29, 1.82) is 0 Å². The molecule has 2 aliphatic rings. The highest BCUT2D eigenvalue weighted by atomic mass is 16.2. The van der Waals surface area contributed by atoms with Crippen LogP contribution in [0.2, 0.25) is 0 Å². The van der Waals surface area contributed by atoms with Crippen LogP contribution in [-0.4, -0.2) is 28.9 Å². The Kier molecular flexibility index (Phi) is 3.53. The van der Waals surface area contributed by atoms with Crippen LogP contribution in [0.3, 0.4) is 0 Å². The van der Waals surface area contributed by atoms with Crippen molar-refractivity contribution in [3.8, 4) is 0 Å². The first-order valence-electron chi connectivity index (χ1n) is 6.77. The Morgan fingerprint density at radius 3 is 2.50 bits per heavy atom. The van der Waals surface area contributed by atoms with E-state index in [-0.39, 0.29) is 5.91 Å². The third-order valence-corrected chi connectivity index (χ3v) is 3.92. The minimum absolute atomic E-state index is 0.237. The van der Waals surface area contributed by atoms with Crippen LogP contribution in [0.5, 0.6) is 0 Å². The van der Waals surface area contributed by atoms with Gasteiger partial charge in [0.15, 0.2) is 0 Å². The van der Waals surface area contributed by atoms with E-state index in [0.29, 0.717) is 6.04 Å². The summed E-state index contributed by atoms with van der Waals surface area (Å²) in [4.78, 5) is 14.5. The van der Waals surface area contributed by atoms with Crippen molar-refractivity contribution in [1.82, 2.24) is 4.90 Å². The van der Waals surface area contributed by atoms with E-state index in [1.807, 2.05) is 0 Å². The lowest BCUT2D eigenvalue weighted by Gasteiger charge is -2.31. The first-order valence-corrected chi connectivity index (χ1v) is 6.77. The largest absolute Gasteiger partial charge is 0.338 e. The van der Waals surface area contributed by atoms with Crippen molar-refractivity contribution in [3.63, 3.8) is 0 Å². The van der Waals surface area contributed by atoms with Gasteiger partial charge in [0.05, 0.1) is 5.54 Å². The molecule has 2 saturated carbocycles. The Labute approximate surface area is 98.4 Å². The zero-order valence-corrected chi connectivity index (χ0v) is 10.4. The van der Waals surface area contributed by atoms with E-state index >= 15 is 0 Å². The third-order valence-electron chi connectivity index (χ3n) is 3.92. The lowest BCUT2D eigenvalue weighted by molar-refractivity contribution is -0.137. The molecule has 3 heteroatoms. The van der Waals surface area contributed by atoms with Crippen molar-refractivity contribution < 1.29 is 4.79 Å². The highest BCUT2D eigenvalue weighted by Crippen LogP contribution is 2.34. The molecule has 2 aliphatic carbocycles. The lowest BCUT2D eigenvalue weighted by atomic mass is 9.97. The number of hydrogen-bond donors (Lipinski definition) is 1. The summed E-state index contributed by atoms with van der Waals surface area (Å²) in [7, 11) is 0. The third kappa shape index (κ3) is 2.40. The zero-order chi connectivity index (χ0) is 11.6. The Hall–Kier alpha value is -0.570. The molecule has 3 nitrogen and oxygen atoms in total. The van der Waals surface area contributed by atoms with Crippen molar-refractivity contribution in [2.75, 3.05) is 6.54 Å². The number of rotatable bonds is 5. The van der Waals surface area contributed by atoms with Gasteiger partial charge in [0.25, 0.3) is 0 Å². The number of unbranched alkanes of at least 4 members (excludes halogenated alkanes) is 1. The Bertz CT molecular complexity index is 255. The number of carbonyl (C=O) groups excluding carboxylic acids is 1. The van der Waals surface area contributed by atoms with Crippen molar-refractivity contribution in [2.24, 2.45) is 5.73 Å². The molecule has 0 heterocycles. The molecule has 1 amide bonds. The molecule has 0 aromatic carbocycles. The van der Waals surface area contributed by atoms with E-state index in [0.717, 1.165) is 45.1 Å². The first-order chi connectivity index (χ1) is 7.67. The quantitative estimate of drug-likeness (QED) is 0.777. The maximum Gasteiger partial charge on any atom is 0.242 e. The van der Waals surface area contributed by atoms with Crippen LogP contribution >= 0.6 is 0 Å². The van der Waals surface area contributed by atoms with E-state index in [1.165, 1.54) is 12.8 Å². The van der Waals surface area contributed by atoms with Crippen LogP contribution in [0.1, 0.15) is 58.3 Å². The smallest absolute Gasteiger partial charge is 0.242 e. The summed E-state index contributed by atoms with van der Waals surface area (Å²) in [5.74, 6) is 0.237. The highest BCUT2D eigenvalue weighted by molar-refractivity contribution is 5.87. The predicted octanol–water partition coefficient (Wildman–Crippen LogP) is 2.05. The molecule has 0 radical (unpaired) electrons. The van der Waals surface area contributed by atoms with Gasteiger partial charge >= 0.3 is 0 Å². The molecule has 2 rings (SSSR count). The molecule has 0 bridgehead atoms. The normalized spacial score (nSPS) is 23.4. The molecule has 0 unspecified atom stereocenters. The Balaban J connectivity index is 1.98. The Morgan fingerprint density at radius 1 is 1.38 bits per heavy atom. The Morgan fingerprint density at radius 2 is 2.00 bits per heavy atom. The van der Waals surface area contributed by atoms with Gasteiger partial charge in [-0.05, 0) is 32.1 Å². The number of nitrogens with two attached hydrogens (primary N) is 1. The predicted molar refractivity (Wildman–Crippen MR) is 65.0 cm³/mol. The summed E-state index contributed by atoms with van der Waals surface area (Å²) in [6, 6.07) is 0.514. The molecule has 0 aromatic heterocycles. The second-order valence-corrected chi connectivity index (χ2v) is 5.45. The van der Waals surface area contributed by atoms with E-state index in [1.54, 1.807) is 0 Å². The molecule has 0 spiro atoms. The van der Waals surface area contributed by atoms with Gasteiger partial charge in [-0.15, -0.1) is 0 Å². The standard InChI is InChI=1S/C13H24N2O/c1-2-3-10-15(11-6-7-11)12(16)13(14)8-4-5-9-13/h11H,2-10,14H2,1H3. The van der Waals surface area contributed by atoms with Gasteiger partial charge in [-0.1, -0.05) is 26.2 Å². The molecule has 2 fully saturated rings. The number of amides is 1. The summed E-state index contributed by atoms with van der Waals surface area (Å²) >= 11 is 0. The fraction of sp³-hybridized carbons (Fsp3) is 0.923. The van der Waals surface area contributed by atoms with Crippen molar-refractivity contribution >= 4 is 5.91 Å².